The summed E-state index contributed by atoms with van der Waals surface area (Å²) in [5, 5.41) is 15.4. The van der Waals surface area contributed by atoms with Crippen LogP contribution < -0.4 is 10.6 Å². The molecule has 0 aromatic carbocycles. The van der Waals surface area contributed by atoms with E-state index in [1.807, 2.05) is 20.8 Å². The molecule has 6 nitrogen and oxygen atoms in total. The second-order valence-electron chi connectivity index (χ2n) is 5.35. The van der Waals surface area contributed by atoms with Crippen LogP contribution in [0, 0.1) is 5.41 Å². The molecule has 6 heteroatoms. The molecule has 0 aliphatic carbocycles. The quantitative estimate of drug-likeness (QED) is 0.513. The van der Waals surface area contributed by atoms with Crippen molar-refractivity contribution in [2.45, 2.75) is 33.0 Å². The van der Waals surface area contributed by atoms with Gasteiger partial charge in [0.2, 0.25) is 5.91 Å². The lowest BCUT2D eigenvalue weighted by Crippen LogP contribution is -2.44. The first-order valence-corrected chi connectivity index (χ1v) is 6.55. The number of methoxy groups -OCH3 is 1. The highest BCUT2D eigenvalue weighted by molar-refractivity contribution is 5.81. The number of carbonyl (C=O) groups is 1. The van der Waals surface area contributed by atoms with Gasteiger partial charge in [0.15, 0.2) is 0 Å². The van der Waals surface area contributed by atoms with Crippen molar-refractivity contribution in [3.63, 3.8) is 0 Å². The fourth-order valence-electron chi connectivity index (χ4n) is 1.59. The predicted molar refractivity (Wildman–Crippen MR) is 74.0 cm³/mol. The Morgan fingerprint density at radius 2 is 2.00 bits per heavy atom. The van der Waals surface area contributed by atoms with Gasteiger partial charge in [-0.05, 0) is 20.8 Å². The van der Waals surface area contributed by atoms with Crippen molar-refractivity contribution in [2.75, 3.05) is 40.5 Å². The number of rotatable bonds is 10. The average Bonchev–Trinajstić information content (AvgIpc) is 2.35. The van der Waals surface area contributed by atoms with E-state index in [1.54, 1.807) is 14.2 Å². The van der Waals surface area contributed by atoms with Crippen LogP contribution in [0.4, 0.5) is 0 Å². The SMILES string of the molecule is CNC(=O)C(C)(C)CNCC(O)COC(C)COC. The molecule has 0 aromatic rings. The Labute approximate surface area is 115 Å². The monoisotopic (exact) mass is 276 g/mol. The van der Waals surface area contributed by atoms with Crippen molar-refractivity contribution in [2.24, 2.45) is 5.41 Å². The lowest BCUT2D eigenvalue weighted by Gasteiger charge is -2.24. The number of aliphatic hydroxyl groups excluding tert-OH is 1. The van der Waals surface area contributed by atoms with Gasteiger partial charge in [0.1, 0.15) is 0 Å². The van der Waals surface area contributed by atoms with Crippen LogP contribution in [-0.4, -0.2) is 63.7 Å². The molecule has 0 heterocycles. The van der Waals surface area contributed by atoms with E-state index in [2.05, 4.69) is 10.6 Å². The molecule has 0 spiro atoms. The molecule has 1 amide bonds. The van der Waals surface area contributed by atoms with Crippen LogP contribution in [-0.2, 0) is 14.3 Å². The molecule has 3 N–H and O–H groups in total. The number of amides is 1. The molecular weight excluding hydrogens is 248 g/mol. The molecule has 0 fully saturated rings. The van der Waals surface area contributed by atoms with Gasteiger partial charge >= 0.3 is 0 Å². The summed E-state index contributed by atoms with van der Waals surface area (Å²) in [5.41, 5.74) is -0.501. The van der Waals surface area contributed by atoms with E-state index in [9.17, 15) is 9.90 Å². The Morgan fingerprint density at radius 1 is 1.37 bits per heavy atom. The highest BCUT2D eigenvalue weighted by atomic mass is 16.5. The van der Waals surface area contributed by atoms with Gasteiger partial charge in [-0.1, -0.05) is 0 Å². The Balaban J connectivity index is 3.79. The van der Waals surface area contributed by atoms with Gasteiger partial charge in [-0.2, -0.15) is 0 Å². The molecule has 19 heavy (non-hydrogen) atoms. The van der Waals surface area contributed by atoms with Gasteiger partial charge in [-0.25, -0.2) is 0 Å². The van der Waals surface area contributed by atoms with Crippen LogP contribution in [0.15, 0.2) is 0 Å². The van der Waals surface area contributed by atoms with Crippen LogP contribution in [0.2, 0.25) is 0 Å². The minimum Gasteiger partial charge on any atom is -0.389 e. The number of aliphatic hydroxyl groups is 1. The molecule has 0 saturated carbocycles. The zero-order chi connectivity index (χ0) is 14.9. The lowest BCUT2D eigenvalue weighted by atomic mass is 9.92. The van der Waals surface area contributed by atoms with E-state index < -0.39 is 11.5 Å². The number of nitrogens with one attached hydrogen (secondary N) is 2. The molecule has 0 bridgehead atoms. The summed E-state index contributed by atoms with van der Waals surface area (Å²) in [6.07, 6.45) is -0.637. The van der Waals surface area contributed by atoms with E-state index in [1.165, 1.54) is 0 Å². The Morgan fingerprint density at radius 3 is 2.53 bits per heavy atom. The maximum absolute atomic E-state index is 11.5. The third kappa shape index (κ3) is 8.15. The summed E-state index contributed by atoms with van der Waals surface area (Å²) in [7, 11) is 3.22. The number of hydrogen-bond donors (Lipinski definition) is 3. The third-order valence-corrected chi connectivity index (χ3v) is 2.76. The Kier molecular flexibility index (Phi) is 8.92. The van der Waals surface area contributed by atoms with Crippen molar-refractivity contribution in [3.05, 3.63) is 0 Å². The maximum Gasteiger partial charge on any atom is 0.226 e. The summed E-state index contributed by atoms with van der Waals surface area (Å²) in [5.74, 6) is -0.0283. The standard InChI is InChI=1S/C13H28N2O4/c1-10(7-18-5)19-8-11(16)6-15-9-13(2,3)12(17)14-4/h10-11,15-16H,6-9H2,1-5H3,(H,14,17). The summed E-state index contributed by atoms with van der Waals surface area (Å²) in [6, 6.07) is 0. The molecule has 114 valence electrons. The second kappa shape index (κ2) is 9.25. The fraction of sp³-hybridized carbons (Fsp3) is 0.923. The van der Waals surface area contributed by atoms with Gasteiger partial charge < -0.3 is 25.2 Å². The van der Waals surface area contributed by atoms with E-state index >= 15 is 0 Å². The first-order chi connectivity index (χ1) is 8.83. The molecule has 0 aromatic heterocycles. The molecule has 0 rings (SSSR count). The molecule has 0 aliphatic rings. The minimum absolute atomic E-state index is 0.0283. The van der Waals surface area contributed by atoms with Crippen molar-refractivity contribution in [1.29, 1.82) is 0 Å². The zero-order valence-corrected chi connectivity index (χ0v) is 12.7. The maximum atomic E-state index is 11.5. The van der Waals surface area contributed by atoms with Crippen LogP contribution in [0.5, 0.6) is 0 Å². The molecule has 0 radical (unpaired) electrons. The first kappa shape index (κ1) is 18.3. The molecule has 0 saturated heterocycles. The highest BCUT2D eigenvalue weighted by Crippen LogP contribution is 2.12. The lowest BCUT2D eigenvalue weighted by molar-refractivity contribution is -0.128. The summed E-state index contributed by atoms with van der Waals surface area (Å²) >= 11 is 0. The van der Waals surface area contributed by atoms with Gasteiger partial charge in [0.05, 0.1) is 30.8 Å². The van der Waals surface area contributed by atoms with Gasteiger partial charge in [-0.3, -0.25) is 4.79 Å². The third-order valence-electron chi connectivity index (χ3n) is 2.76. The van der Waals surface area contributed by atoms with Crippen LogP contribution in [0.25, 0.3) is 0 Å². The topological polar surface area (TPSA) is 79.8 Å². The van der Waals surface area contributed by atoms with Crippen molar-refractivity contribution in [3.8, 4) is 0 Å². The normalized spacial score (nSPS) is 15.1. The van der Waals surface area contributed by atoms with Gasteiger partial charge in [0.25, 0.3) is 0 Å². The van der Waals surface area contributed by atoms with Crippen LogP contribution in [0.3, 0.4) is 0 Å². The number of carbonyl (C=O) groups excluding carboxylic acids is 1. The van der Waals surface area contributed by atoms with Crippen molar-refractivity contribution < 1.29 is 19.4 Å². The van der Waals surface area contributed by atoms with E-state index in [0.29, 0.717) is 19.7 Å². The zero-order valence-electron chi connectivity index (χ0n) is 12.7. The Bertz CT molecular complexity index is 259. The van der Waals surface area contributed by atoms with Gasteiger partial charge in [0, 0.05) is 27.2 Å². The van der Waals surface area contributed by atoms with Crippen molar-refractivity contribution >= 4 is 5.91 Å². The van der Waals surface area contributed by atoms with Gasteiger partial charge in [-0.15, -0.1) is 0 Å². The van der Waals surface area contributed by atoms with Crippen molar-refractivity contribution in [1.82, 2.24) is 10.6 Å². The Hall–Kier alpha value is -0.690. The molecule has 0 aliphatic heterocycles. The molecular formula is C13H28N2O4. The largest absolute Gasteiger partial charge is 0.389 e. The number of ether oxygens (including phenoxy) is 2. The van der Waals surface area contributed by atoms with Crippen LogP contribution in [0.1, 0.15) is 20.8 Å². The smallest absolute Gasteiger partial charge is 0.226 e. The number of hydrogen-bond acceptors (Lipinski definition) is 5. The van der Waals surface area contributed by atoms with E-state index in [-0.39, 0.29) is 18.6 Å². The summed E-state index contributed by atoms with van der Waals surface area (Å²) < 4.78 is 10.3. The van der Waals surface area contributed by atoms with E-state index in [0.717, 1.165) is 0 Å². The second-order valence-corrected chi connectivity index (χ2v) is 5.35. The van der Waals surface area contributed by atoms with Crippen LogP contribution >= 0.6 is 0 Å². The van der Waals surface area contributed by atoms with E-state index in [4.69, 9.17) is 9.47 Å². The predicted octanol–water partition coefficient (Wildman–Crippen LogP) is -0.239. The first-order valence-electron chi connectivity index (χ1n) is 6.55. The molecule has 2 atom stereocenters. The average molecular weight is 276 g/mol. The highest BCUT2D eigenvalue weighted by Gasteiger charge is 2.26. The summed E-state index contributed by atoms with van der Waals surface area (Å²) in [4.78, 5) is 11.5. The summed E-state index contributed by atoms with van der Waals surface area (Å²) in [6.45, 7) is 7.22. The minimum atomic E-state index is -0.597. The fourth-order valence-corrected chi connectivity index (χ4v) is 1.59. The molecule has 2 unspecified atom stereocenters.